The molecule has 0 radical (unpaired) electrons. The number of nitrogens with zero attached hydrogens (tertiary/aromatic N) is 3. The number of anilines is 1. The number of hydrogen-bond donors (Lipinski definition) is 1. The van der Waals surface area contributed by atoms with E-state index in [1.807, 2.05) is 24.3 Å². The molecule has 0 bridgehead atoms. The predicted octanol–water partition coefficient (Wildman–Crippen LogP) is 3.57. The molecule has 4 nitrogen and oxygen atoms in total. The Bertz CT molecular complexity index is 621. The van der Waals surface area contributed by atoms with E-state index in [1.165, 1.54) is 0 Å². The Labute approximate surface area is 130 Å². The first-order chi connectivity index (χ1) is 10.1. The average molecular weight is 305 g/mol. The first-order valence-corrected chi connectivity index (χ1v) is 7.94. The molecule has 0 aliphatic carbocycles. The highest BCUT2D eigenvalue weighted by Gasteiger charge is 2.21. The summed E-state index contributed by atoms with van der Waals surface area (Å²) in [6.45, 7) is 6.77. The SMILES string of the molecule is CC(C)N1CCC(Nc2nc(Cl)nc3ccccc23)CC1. The van der Waals surface area contributed by atoms with Crippen LogP contribution in [0.2, 0.25) is 5.28 Å². The van der Waals surface area contributed by atoms with E-state index < -0.39 is 0 Å². The van der Waals surface area contributed by atoms with Crippen molar-refractivity contribution in [1.82, 2.24) is 14.9 Å². The number of likely N-dealkylation sites (tertiary alicyclic amines) is 1. The van der Waals surface area contributed by atoms with Crippen molar-refractivity contribution in [2.75, 3.05) is 18.4 Å². The molecular weight excluding hydrogens is 284 g/mol. The fraction of sp³-hybridized carbons (Fsp3) is 0.500. The third-order valence-electron chi connectivity index (χ3n) is 4.18. The van der Waals surface area contributed by atoms with Gasteiger partial charge in [-0.1, -0.05) is 12.1 Å². The summed E-state index contributed by atoms with van der Waals surface area (Å²) in [7, 11) is 0. The molecule has 5 heteroatoms. The van der Waals surface area contributed by atoms with Crippen LogP contribution in [0.1, 0.15) is 26.7 Å². The number of hydrogen-bond acceptors (Lipinski definition) is 4. The van der Waals surface area contributed by atoms with Crippen LogP contribution in [0.25, 0.3) is 10.9 Å². The van der Waals surface area contributed by atoms with E-state index in [9.17, 15) is 0 Å². The van der Waals surface area contributed by atoms with E-state index in [0.717, 1.165) is 42.7 Å². The highest BCUT2D eigenvalue weighted by molar-refractivity contribution is 6.28. The maximum atomic E-state index is 6.04. The van der Waals surface area contributed by atoms with Crippen LogP contribution >= 0.6 is 11.6 Å². The van der Waals surface area contributed by atoms with E-state index >= 15 is 0 Å². The number of fused-ring (bicyclic) bond motifs is 1. The second kappa shape index (κ2) is 6.16. The van der Waals surface area contributed by atoms with Crippen molar-refractivity contribution in [3.8, 4) is 0 Å². The van der Waals surface area contributed by atoms with E-state index in [4.69, 9.17) is 11.6 Å². The van der Waals surface area contributed by atoms with Crippen molar-refractivity contribution in [2.24, 2.45) is 0 Å². The number of rotatable bonds is 3. The molecule has 1 aromatic heterocycles. The van der Waals surface area contributed by atoms with Gasteiger partial charge in [0.15, 0.2) is 0 Å². The van der Waals surface area contributed by atoms with Gasteiger partial charge in [0.1, 0.15) is 5.82 Å². The minimum absolute atomic E-state index is 0.302. The van der Waals surface area contributed by atoms with Crippen LogP contribution in [-0.4, -0.2) is 40.0 Å². The Morgan fingerprint density at radius 3 is 2.62 bits per heavy atom. The van der Waals surface area contributed by atoms with Gasteiger partial charge in [-0.15, -0.1) is 0 Å². The lowest BCUT2D eigenvalue weighted by Crippen LogP contribution is -2.42. The summed E-state index contributed by atoms with van der Waals surface area (Å²) < 4.78 is 0. The van der Waals surface area contributed by atoms with Crippen molar-refractivity contribution in [2.45, 2.75) is 38.8 Å². The third-order valence-corrected chi connectivity index (χ3v) is 4.35. The molecule has 1 aromatic carbocycles. The molecule has 0 unspecified atom stereocenters. The molecular formula is C16H21ClN4. The molecule has 1 aliphatic heterocycles. The number of nitrogens with one attached hydrogen (secondary N) is 1. The highest BCUT2D eigenvalue weighted by Crippen LogP contribution is 2.24. The number of benzene rings is 1. The Morgan fingerprint density at radius 1 is 1.19 bits per heavy atom. The fourth-order valence-electron chi connectivity index (χ4n) is 2.91. The van der Waals surface area contributed by atoms with Gasteiger partial charge in [0, 0.05) is 30.6 Å². The van der Waals surface area contributed by atoms with Crippen LogP contribution in [0.4, 0.5) is 5.82 Å². The number of para-hydroxylation sites is 1. The summed E-state index contributed by atoms with van der Waals surface area (Å²) >= 11 is 6.04. The topological polar surface area (TPSA) is 41.0 Å². The molecule has 0 atom stereocenters. The monoisotopic (exact) mass is 304 g/mol. The molecule has 2 aromatic rings. The van der Waals surface area contributed by atoms with Gasteiger partial charge < -0.3 is 10.2 Å². The van der Waals surface area contributed by atoms with Crippen LogP contribution in [0.5, 0.6) is 0 Å². The number of aromatic nitrogens is 2. The highest BCUT2D eigenvalue weighted by atomic mass is 35.5. The zero-order valence-corrected chi connectivity index (χ0v) is 13.3. The van der Waals surface area contributed by atoms with Crippen molar-refractivity contribution in [3.63, 3.8) is 0 Å². The summed E-state index contributed by atoms with van der Waals surface area (Å²) in [6.07, 6.45) is 2.27. The van der Waals surface area contributed by atoms with Crippen molar-refractivity contribution >= 4 is 28.3 Å². The second-order valence-corrected chi connectivity index (χ2v) is 6.24. The van der Waals surface area contributed by atoms with Crippen LogP contribution in [0.3, 0.4) is 0 Å². The Balaban J connectivity index is 1.77. The lowest BCUT2D eigenvalue weighted by Gasteiger charge is -2.35. The molecule has 3 rings (SSSR count). The summed E-state index contributed by atoms with van der Waals surface area (Å²) in [4.78, 5) is 11.2. The van der Waals surface area contributed by atoms with Gasteiger partial charge in [0.2, 0.25) is 5.28 Å². The standard InChI is InChI=1S/C16H21ClN4/c1-11(2)21-9-7-12(8-10-21)18-15-13-5-3-4-6-14(13)19-16(17)20-15/h3-6,11-12H,7-10H2,1-2H3,(H,18,19,20). The van der Waals surface area contributed by atoms with Crippen LogP contribution in [0, 0.1) is 0 Å². The first-order valence-electron chi connectivity index (χ1n) is 7.56. The largest absolute Gasteiger partial charge is 0.367 e. The molecule has 21 heavy (non-hydrogen) atoms. The lowest BCUT2D eigenvalue weighted by molar-refractivity contribution is 0.177. The van der Waals surface area contributed by atoms with Gasteiger partial charge in [0.25, 0.3) is 0 Å². The second-order valence-electron chi connectivity index (χ2n) is 5.91. The minimum atomic E-state index is 0.302. The zero-order chi connectivity index (χ0) is 14.8. The molecule has 2 heterocycles. The summed E-state index contributed by atoms with van der Waals surface area (Å²) in [5.41, 5.74) is 0.889. The molecule has 0 amide bonds. The Kier molecular flexibility index (Phi) is 4.27. The maximum absolute atomic E-state index is 6.04. The van der Waals surface area contributed by atoms with Gasteiger partial charge in [-0.3, -0.25) is 0 Å². The summed E-state index contributed by atoms with van der Waals surface area (Å²) in [6, 6.07) is 9.06. The summed E-state index contributed by atoms with van der Waals surface area (Å²) in [5, 5.41) is 4.90. The third kappa shape index (κ3) is 3.27. The predicted molar refractivity (Wildman–Crippen MR) is 87.9 cm³/mol. The van der Waals surface area contributed by atoms with Gasteiger partial charge in [-0.25, -0.2) is 9.97 Å². The first kappa shape index (κ1) is 14.5. The van der Waals surface area contributed by atoms with Crippen LogP contribution in [-0.2, 0) is 0 Å². The van der Waals surface area contributed by atoms with Gasteiger partial charge >= 0.3 is 0 Å². The Morgan fingerprint density at radius 2 is 1.90 bits per heavy atom. The Hall–Kier alpha value is -1.39. The normalized spacial score (nSPS) is 17.5. The number of piperidine rings is 1. The molecule has 1 saturated heterocycles. The number of halogens is 1. The quantitative estimate of drug-likeness (QED) is 0.880. The molecule has 1 fully saturated rings. The molecule has 1 aliphatic rings. The zero-order valence-electron chi connectivity index (χ0n) is 12.5. The van der Waals surface area contributed by atoms with Crippen LogP contribution < -0.4 is 5.32 Å². The van der Waals surface area contributed by atoms with Crippen molar-refractivity contribution < 1.29 is 0 Å². The minimum Gasteiger partial charge on any atom is -0.367 e. The van der Waals surface area contributed by atoms with E-state index in [0.29, 0.717) is 17.4 Å². The van der Waals surface area contributed by atoms with Crippen molar-refractivity contribution in [3.05, 3.63) is 29.5 Å². The maximum Gasteiger partial charge on any atom is 0.224 e. The summed E-state index contributed by atoms with van der Waals surface area (Å²) in [5.74, 6) is 0.855. The van der Waals surface area contributed by atoms with Gasteiger partial charge in [-0.2, -0.15) is 0 Å². The van der Waals surface area contributed by atoms with Crippen molar-refractivity contribution in [1.29, 1.82) is 0 Å². The fourth-order valence-corrected chi connectivity index (χ4v) is 3.09. The molecule has 112 valence electrons. The molecule has 1 N–H and O–H groups in total. The average Bonchev–Trinajstić information content (AvgIpc) is 2.47. The molecule has 0 spiro atoms. The van der Waals surface area contributed by atoms with E-state index in [1.54, 1.807) is 0 Å². The van der Waals surface area contributed by atoms with Gasteiger partial charge in [-0.05, 0) is 50.4 Å². The smallest absolute Gasteiger partial charge is 0.224 e. The lowest BCUT2D eigenvalue weighted by atomic mass is 10.0. The molecule has 0 saturated carbocycles. The van der Waals surface area contributed by atoms with E-state index in [-0.39, 0.29) is 0 Å². The van der Waals surface area contributed by atoms with Gasteiger partial charge in [0.05, 0.1) is 5.52 Å². The van der Waals surface area contributed by atoms with Crippen LogP contribution in [0.15, 0.2) is 24.3 Å². The van der Waals surface area contributed by atoms with E-state index in [2.05, 4.69) is 34.0 Å².